The van der Waals surface area contributed by atoms with Gasteiger partial charge in [0.1, 0.15) is 17.7 Å². The lowest BCUT2D eigenvalue weighted by Gasteiger charge is -2.27. The number of methoxy groups -OCH3 is 1. The number of rotatable bonds is 9. The van der Waals surface area contributed by atoms with Crippen molar-refractivity contribution >= 4 is 21.5 Å². The number of hydrogen-bond donors (Lipinski definition) is 0. The Balaban J connectivity index is 1.47. The van der Waals surface area contributed by atoms with Crippen molar-refractivity contribution in [3.05, 3.63) is 101 Å². The summed E-state index contributed by atoms with van der Waals surface area (Å²) in [6.07, 6.45) is -0.688. The highest BCUT2D eigenvalue weighted by atomic mass is 32.2. The van der Waals surface area contributed by atoms with E-state index in [1.54, 1.807) is 37.3 Å². The number of ketones is 1. The summed E-state index contributed by atoms with van der Waals surface area (Å²) in [5, 5.41) is 4.29. The van der Waals surface area contributed by atoms with Gasteiger partial charge in [-0.3, -0.25) is 4.79 Å². The molecule has 0 N–H and O–H groups in total. The van der Waals surface area contributed by atoms with Gasteiger partial charge >= 0.3 is 0 Å². The molecule has 1 unspecified atom stereocenters. The van der Waals surface area contributed by atoms with E-state index in [-0.39, 0.29) is 29.3 Å². The van der Waals surface area contributed by atoms with Gasteiger partial charge in [-0.1, -0.05) is 41.6 Å². The second-order valence-corrected chi connectivity index (χ2v) is 10.9. The number of oxime groups is 1. The molecular formula is C28H28F2N2O5S. The van der Waals surface area contributed by atoms with Gasteiger partial charge in [-0.25, -0.2) is 17.2 Å². The first kappa shape index (κ1) is 27.6. The SMILES string of the molecule is COC(C)C(=O)c1cccc(S(=O)(=O)N2CCC(=NOC(c3ccc(F)cc3)c3ccc(F)cc3)CC2)c1. The van der Waals surface area contributed by atoms with E-state index in [1.165, 1.54) is 53.9 Å². The van der Waals surface area contributed by atoms with Gasteiger partial charge in [-0.15, -0.1) is 0 Å². The lowest BCUT2D eigenvalue weighted by Crippen LogP contribution is -2.38. The molecule has 3 aromatic rings. The first-order valence-corrected chi connectivity index (χ1v) is 13.5. The van der Waals surface area contributed by atoms with Gasteiger partial charge in [0, 0.05) is 38.6 Å². The molecular weight excluding hydrogens is 514 g/mol. The van der Waals surface area contributed by atoms with Crippen molar-refractivity contribution in [1.29, 1.82) is 0 Å². The molecule has 10 heteroatoms. The van der Waals surface area contributed by atoms with Gasteiger partial charge in [-0.05, 0) is 54.4 Å². The number of carbonyl (C=O) groups excluding carboxylic acids is 1. The molecule has 0 bridgehead atoms. The average molecular weight is 543 g/mol. The number of sulfonamides is 1. The first-order valence-electron chi connectivity index (χ1n) is 12.1. The number of hydrogen-bond acceptors (Lipinski definition) is 6. The Labute approximate surface area is 220 Å². The van der Waals surface area contributed by atoms with Crippen LogP contribution in [0.15, 0.2) is 82.8 Å². The minimum absolute atomic E-state index is 0.0379. The summed E-state index contributed by atoms with van der Waals surface area (Å²) in [6, 6.07) is 17.5. The zero-order chi connectivity index (χ0) is 27.3. The van der Waals surface area contributed by atoms with Crippen LogP contribution in [0.5, 0.6) is 0 Å². The summed E-state index contributed by atoms with van der Waals surface area (Å²) in [5.74, 6) is -1.09. The van der Waals surface area contributed by atoms with Crippen LogP contribution < -0.4 is 0 Å². The van der Waals surface area contributed by atoms with Gasteiger partial charge < -0.3 is 9.57 Å². The Kier molecular flexibility index (Phi) is 8.65. The van der Waals surface area contributed by atoms with Crippen molar-refractivity contribution in [3.8, 4) is 0 Å². The fraction of sp³-hybridized carbons (Fsp3) is 0.286. The maximum Gasteiger partial charge on any atom is 0.243 e. The maximum absolute atomic E-state index is 13.5. The third kappa shape index (κ3) is 6.32. The summed E-state index contributed by atoms with van der Waals surface area (Å²) < 4.78 is 59.8. The largest absolute Gasteiger partial charge is 0.383 e. The summed E-state index contributed by atoms with van der Waals surface area (Å²) in [7, 11) is -2.41. The predicted octanol–water partition coefficient (Wildman–Crippen LogP) is 5.13. The number of piperidine rings is 1. The number of carbonyl (C=O) groups is 1. The van der Waals surface area contributed by atoms with E-state index in [2.05, 4.69) is 5.16 Å². The van der Waals surface area contributed by atoms with Crippen molar-refractivity contribution in [2.24, 2.45) is 5.16 Å². The van der Waals surface area contributed by atoms with Crippen LogP contribution in [0, 0.1) is 11.6 Å². The number of ether oxygens (including phenoxy) is 1. The molecule has 7 nitrogen and oxygen atoms in total. The maximum atomic E-state index is 13.5. The van der Waals surface area contributed by atoms with Crippen molar-refractivity contribution in [1.82, 2.24) is 4.31 Å². The van der Waals surface area contributed by atoms with Crippen molar-refractivity contribution in [2.75, 3.05) is 20.2 Å². The first-order chi connectivity index (χ1) is 18.2. The molecule has 200 valence electrons. The van der Waals surface area contributed by atoms with Crippen LogP contribution in [0.25, 0.3) is 0 Å². The van der Waals surface area contributed by atoms with E-state index in [9.17, 15) is 22.0 Å². The van der Waals surface area contributed by atoms with Gasteiger partial charge in [0.05, 0.1) is 10.6 Å². The molecule has 1 aliphatic rings. The van der Waals surface area contributed by atoms with E-state index in [1.807, 2.05) is 0 Å². The molecule has 1 heterocycles. The lowest BCUT2D eigenvalue weighted by molar-refractivity contribution is 0.0655. The van der Waals surface area contributed by atoms with Crippen molar-refractivity contribution < 1.29 is 31.6 Å². The van der Waals surface area contributed by atoms with Crippen molar-refractivity contribution in [3.63, 3.8) is 0 Å². The highest BCUT2D eigenvalue weighted by Crippen LogP contribution is 2.28. The highest BCUT2D eigenvalue weighted by Gasteiger charge is 2.29. The summed E-state index contributed by atoms with van der Waals surface area (Å²) in [5.41, 5.74) is 2.21. The Morgan fingerprint density at radius 1 is 0.921 bits per heavy atom. The smallest absolute Gasteiger partial charge is 0.243 e. The van der Waals surface area contributed by atoms with Crippen LogP contribution in [0.2, 0.25) is 0 Å². The van der Waals surface area contributed by atoms with Crippen LogP contribution >= 0.6 is 0 Å². The molecule has 0 saturated carbocycles. The van der Waals surface area contributed by atoms with Crippen LogP contribution in [0.3, 0.4) is 0 Å². The second-order valence-electron chi connectivity index (χ2n) is 8.92. The van der Waals surface area contributed by atoms with E-state index in [4.69, 9.17) is 9.57 Å². The number of nitrogens with zero attached hydrogens (tertiary/aromatic N) is 2. The number of halogens is 2. The van der Waals surface area contributed by atoms with Crippen LogP contribution in [0.4, 0.5) is 8.78 Å². The molecule has 1 atom stereocenters. The number of benzene rings is 3. The molecule has 0 spiro atoms. The Bertz CT molecular complexity index is 1350. The molecule has 1 fully saturated rings. The monoisotopic (exact) mass is 542 g/mol. The standard InChI is InChI=1S/C28H28F2N2O5S/c1-19(36-2)27(33)22-4-3-5-26(18-22)38(34,35)32-16-14-25(15-17-32)31-37-28(20-6-10-23(29)11-7-20)21-8-12-24(30)13-9-21/h3-13,18-19,28H,14-17H2,1-2H3. The van der Waals surface area contributed by atoms with Gasteiger partial charge in [0.2, 0.25) is 10.0 Å². The minimum atomic E-state index is -3.83. The van der Waals surface area contributed by atoms with E-state index in [0.717, 1.165) is 0 Å². The zero-order valence-corrected chi connectivity index (χ0v) is 21.8. The van der Waals surface area contributed by atoms with Crippen molar-refractivity contribution in [2.45, 2.75) is 36.9 Å². The van der Waals surface area contributed by atoms with Gasteiger partial charge in [0.15, 0.2) is 11.9 Å². The summed E-state index contributed by atoms with van der Waals surface area (Å²) in [6.45, 7) is 1.98. The summed E-state index contributed by atoms with van der Waals surface area (Å²) >= 11 is 0. The third-order valence-electron chi connectivity index (χ3n) is 6.41. The number of Topliss-reactive ketones (excluding diaryl/α,β-unsaturated/α-hetero) is 1. The predicted molar refractivity (Wildman–Crippen MR) is 138 cm³/mol. The summed E-state index contributed by atoms with van der Waals surface area (Å²) in [4.78, 5) is 18.3. The Morgan fingerprint density at radius 3 is 2.00 bits per heavy atom. The fourth-order valence-electron chi connectivity index (χ4n) is 4.09. The molecule has 1 saturated heterocycles. The fourth-order valence-corrected chi connectivity index (χ4v) is 5.58. The molecule has 0 amide bonds. The molecule has 0 radical (unpaired) electrons. The second kappa shape index (κ2) is 11.9. The molecule has 38 heavy (non-hydrogen) atoms. The average Bonchev–Trinajstić information content (AvgIpc) is 2.94. The normalized spacial score (nSPS) is 15.3. The van der Waals surface area contributed by atoms with Crippen LogP contribution in [-0.4, -0.2) is 50.5 Å². The lowest BCUT2D eigenvalue weighted by atomic mass is 10.0. The molecule has 0 aromatic heterocycles. The quantitative estimate of drug-likeness (QED) is 0.277. The topological polar surface area (TPSA) is 85.3 Å². The van der Waals surface area contributed by atoms with Crippen LogP contribution in [-0.2, 0) is 19.6 Å². The molecule has 4 rings (SSSR count). The minimum Gasteiger partial charge on any atom is -0.383 e. The molecule has 1 aliphatic heterocycles. The van der Waals surface area contributed by atoms with Crippen LogP contribution in [0.1, 0.15) is 47.4 Å². The Hall–Kier alpha value is -3.47. The van der Waals surface area contributed by atoms with Gasteiger partial charge in [-0.2, -0.15) is 4.31 Å². The Morgan fingerprint density at radius 2 is 1.47 bits per heavy atom. The van der Waals surface area contributed by atoms with E-state index < -0.39 is 33.9 Å². The van der Waals surface area contributed by atoms with E-state index in [0.29, 0.717) is 29.7 Å². The van der Waals surface area contributed by atoms with Gasteiger partial charge in [0.25, 0.3) is 0 Å². The zero-order valence-electron chi connectivity index (χ0n) is 21.0. The third-order valence-corrected chi connectivity index (χ3v) is 8.31. The highest BCUT2D eigenvalue weighted by molar-refractivity contribution is 7.89. The molecule has 0 aliphatic carbocycles. The van der Waals surface area contributed by atoms with E-state index >= 15 is 0 Å². The molecule has 3 aromatic carbocycles.